The molecule has 0 bridgehead atoms. The molecule has 2 aromatic rings. The molecule has 140 valence electrons. The number of nitrogens with zero attached hydrogens (tertiary/aromatic N) is 2. The van der Waals surface area contributed by atoms with Crippen LogP contribution in [0.5, 0.6) is 0 Å². The first kappa shape index (κ1) is 20.1. The third-order valence-electron chi connectivity index (χ3n) is 4.05. The van der Waals surface area contributed by atoms with Gasteiger partial charge >= 0.3 is 0 Å². The Hall–Kier alpha value is -2.22. The molecule has 0 aliphatic rings. The molecule has 0 saturated heterocycles. The number of hydrogen-bond donors (Lipinski definition) is 0. The Kier molecular flexibility index (Phi) is 6.17. The highest BCUT2D eigenvalue weighted by atomic mass is 32.2. The normalized spacial score (nSPS) is 11.6. The van der Waals surface area contributed by atoms with Gasteiger partial charge in [0, 0.05) is 24.8 Å². The van der Waals surface area contributed by atoms with Crippen LogP contribution in [0.15, 0.2) is 47.4 Å². The van der Waals surface area contributed by atoms with Crippen molar-refractivity contribution < 1.29 is 18.0 Å². The Bertz CT molecular complexity index is 889. The molecule has 6 nitrogen and oxygen atoms in total. The molecule has 0 heterocycles. The SMILES string of the molecule is CCN(C(=O)c1cccc(S(=O)(=O)N(C)OC)c1)c1cc(C)cc(C)c1. The van der Waals surface area contributed by atoms with E-state index in [1.54, 1.807) is 17.0 Å². The van der Waals surface area contributed by atoms with E-state index in [-0.39, 0.29) is 10.8 Å². The number of amides is 1. The van der Waals surface area contributed by atoms with Gasteiger partial charge in [-0.25, -0.2) is 8.42 Å². The summed E-state index contributed by atoms with van der Waals surface area (Å²) in [7, 11) is -1.24. The highest BCUT2D eigenvalue weighted by molar-refractivity contribution is 7.89. The minimum atomic E-state index is -3.82. The molecule has 2 rings (SSSR count). The lowest BCUT2D eigenvalue weighted by atomic mass is 10.1. The molecule has 0 aromatic heterocycles. The van der Waals surface area contributed by atoms with Crippen LogP contribution in [0, 0.1) is 13.8 Å². The van der Waals surface area contributed by atoms with Gasteiger partial charge in [-0.1, -0.05) is 16.6 Å². The van der Waals surface area contributed by atoms with Crippen LogP contribution in [-0.4, -0.2) is 39.5 Å². The molecule has 1 amide bonds. The molecule has 0 aliphatic carbocycles. The molecule has 0 aliphatic heterocycles. The molecule has 26 heavy (non-hydrogen) atoms. The van der Waals surface area contributed by atoms with Crippen molar-refractivity contribution in [3.8, 4) is 0 Å². The first-order valence-electron chi connectivity index (χ1n) is 8.24. The van der Waals surface area contributed by atoms with Gasteiger partial charge in [-0.2, -0.15) is 0 Å². The number of hydroxylamine groups is 1. The maximum atomic E-state index is 13.0. The van der Waals surface area contributed by atoms with Crippen molar-refractivity contribution >= 4 is 21.6 Å². The summed E-state index contributed by atoms with van der Waals surface area (Å²) in [4.78, 5) is 19.4. The topological polar surface area (TPSA) is 66.9 Å². The molecular formula is C19H24N2O4S. The number of aryl methyl sites for hydroxylation is 2. The van der Waals surface area contributed by atoms with Crippen molar-refractivity contribution in [1.29, 1.82) is 0 Å². The van der Waals surface area contributed by atoms with E-state index in [0.717, 1.165) is 21.3 Å². The predicted octanol–water partition coefficient (Wildman–Crippen LogP) is 3.15. The van der Waals surface area contributed by atoms with Crippen LogP contribution < -0.4 is 4.90 Å². The van der Waals surface area contributed by atoms with Crippen LogP contribution in [0.4, 0.5) is 5.69 Å². The molecular weight excluding hydrogens is 352 g/mol. The quantitative estimate of drug-likeness (QED) is 0.727. The molecule has 0 spiro atoms. The lowest BCUT2D eigenvalue weighted by molar-refractivity contribution is -0.0258. The Morgan fingerprint density at radius 1 is 1.08 bits per heavy atom. The smallest absolute Gasteiger partial charge is 0.264 e. The number of rotatable bonds is 6. The zero-order valence-electron chi connectivity index (χ0n) is 15.7. The van der Waals surface area contributed by atoms with Gasteiger partial charge in [-0.3, -0.25) is 9.63 Å². The summed E-state index contributed by atoms with van der Waals surface area (Å²) in [6.45, 7) is 6.30. The van der Waals surface area contributed by atoms with Crippen molar-refractivity contribution in [2.45, 2.75) is 25.7 Å². The predicted molar refractivity (Wildman–Crippen MR) is 102 cm³/mol. The summed E-state index contributed by atoms with van der Waals surface area (Å²) in [5.41, 5.74) is 3.21. The second kappa shape index (κ2) is 7.99. The van der Waals surface area contributed by atoms with Gasteiger partial charge in [0.25, 0.3) is 15.9 Å². The third-order valence-corrected chi connectivity index (χ3v) is 5.73. The summed E-state index contributed by atoms with van der Waals surface area (Å²) in [6.07, 6.45) is 0. The minimum absolute atomic E-state index is 0.00387. The van der Waals surface area contributed by atoms with Gasteiger partial charge in [0.2, 0.25) is 0 Å². The van der Waals surface area contributed by atoms with Crippen LogP contribution >= 0.6 is 0 Å². The van der Waals surface area contributed by atoms with Gasteiger partial charge < -0.3 is 4.90 Å². The molecule has 0 radical (unpaired) electrons. The Morgan fingerprint density at radius 3 is 2.23 bits per heavy atom. The van der Waals surface area contributed by atoms with Gasteiger partial charge in [0.15, 0.2) is 0 Å². The monoisotopic (exact) mass is 376 g/mol. The number of carbonyl (C=O) groups is 1. The van der Waals surface area contributed by atoms with E-state index in [2.05, 4.69) is 0 Å². The molecule has 0 unspecified atom stereocenters. The van der Waals surface area contributed by atoms with E-state index in [1.807, 2.05) is 39.0 Å². The summed E-state index contributed by atoms with van der Waals surface area (Å²) in [5.74, 6) is -0.255. The number of benzene rings is 2. The second-order valence-corrected chi connectivity index (χ2v) is 7.96. The first-order valence-corrected chi connectivity index (χ1v) is 9.68. The summed E-state index contributed by atoms with van der Waals surface area (Å²) >= 11 is 0. The Morgan fingerprint density at radius 2 is 1.69 bits per heavy atom. The summed E-state index contributed by atoms with van der Waals surface area (Å²) in [5, 5.41) is 0. The largest absolute Gasteiger partial charge is 0.309 e. The fourth-order valence-corrected chi connectivity index (χ4v) is 3.76. The minimum Gasteiger partial charge on any atom is -0.309 e. The first-order chi connectivity index (χ1) is 12.2. The average Bonchev–Trinajstić information content (AvgIpc) is 2.60. The third kappa shape index (κ3) is 4.12. The highest BCUT2D eigenvalue weighted by Crippen LogP contribution is 2.22. The van der Waals surface area contributed by atoms with Gasteiger partial charge in [0.05, 0.1) is 12.0 Å². The lowest BCUT2D eigenvalue weighted by Crippen LogP contribution is -2.31. The molecule has 7 heteroatoms. The van der Waals surface area contributed by atoms with Crippen molar-refractivity contribution in [2.24, 2.45) is 0 Å². The summed E-state index contributed by atoms with van der Waals surface area (Å²) in [6, 6.07) is 11.9. The van der Waals surface area contributed by atoms with E-state index in [4.69, 9.17) is 4.84 Å². The van der Waals surface area contributed by atoms with Crippen molar-refractivity contribution in [1.82, 2.24) is 4.47 Å². The van der Waals surface area contributed by atoms with Crippen molar-refractivity contribution in [3.05, 3.63) is 59.2 Å². The van der Waals surface area contributed by atoms with Crippen LogP contribution in [0.3, 0.4) is 0 Å². The van der Waals surface area contributed by atoms with Crippen molar-refractivity contribution in [3.63, 3.8) is 0 Å². The van der Waals surface area contributed by atoms with Gasteiger partial charge in [0.1, 0.15) is 0 Å². The zero-order chi connectivity index (χ0) is 19.5. The van der Waals surface area contributed by atoms with Crippen LogP contribution in [0.2, 0.25) is 0 Å². The fraction of sp³-hybridized carbons (Fsp3) is 0.316. The van der Waals surface area contributed by atoms with Crippen molar-refractivity contribution in [2.75, 3.05) is 25.6 Å². The molecule has 0 saturated carbocycles. The molecule has 0 atom stereocenters. The number of anilines is 1. The number of hydrogen-bond acceptors (Lipinski definition) is 4. The van der Waals surface area contributed by atoms with Gasteiger partial charge in [-0.15, -0.1) is 0 Å². The Balaban J connectivity index is 2.44. The van der Waals surface area contributed by atoms with Crippen LogP contribution in [-0.2, 0) is 14.9 Å². The standard InChI is InChI=1S/C19H24N2O4S/c1-6-21(17-11-14(2)10-15(3)12-17)19(22)16-8-7-9-18(13-16)26(23,24)20(4)25-5/h7-13H,6H2,1-5H3. The fourth-order valence-electron chi connectivity index (χ4n) is 2.74. The average molecular weight is 376 g/mol. The van der Waals surface area contributed by atoms with E-state index in [9.17, 15) is 13.2 Å². The molecule has 0 N–H and O–H groups in total. The lowest BCUT2D eigenvalue weighted by Gasteiger charge is -2.22. The molecule has 2 aromatic carbocycles. The maximum absolute atomic E-state index is 13.0. The zero-order valence-corrected chi connectivity index (χ0v) is 16.5. The number of carbonyl (C=O) groups excluding carboxylic acids is 1. The summed E-state index contributed by atoms with van der Waals surface area (Å²) < 4.78 is 25.6. The van der Waals surface area contributed by atoms with E-state index < -0.39 is 10.0 Å². The van der Waals surface area contributed by atoms with Gasteiger partial charge in [-0.05, 0) is 62.2 Å². The Labute approximate surface area is 155 Å². The van der Waals surface area contributed by atoms with E-state index >= 15 is 0 Å². The molecule has 0 fully saturated rings. The maximum Gasteiger partial charge on any atom is 0.264 e. The second-order valence-electron chi connectivity index (χ2n) is 6.02. The van der Waals surface area contributed by atoms with E-state index in [1.165, 1.54) is 26.3 Å². The van der Waals surface area contributed by atoms with Crippen LogP contribution in [0.1, 0.15) is 28.4 Å². The highest BCUT2D eigenvalue weighted by Gasteiger charge is 2.23. The number of sulfonamides is 1. The van der Waals surface area contributed by atoms with Crippen LogP contribution in [0.25, 0.3) is 0 Å². The van der Waals surface area contributed by atoms with E-state index in [0.29, 0.717) is 12.1 Å².